The molecule has 1 unspecified atom stereocenters. The van der Waals surface area contributed by atoms with Crippen LogP contribution in [0.3, 0.4) is 0 Å². The molecule has 8 aromatic carbocycles. The average Bonchev–Trinajstić information content (AvgIpc) is 3.76. The van der Waals surface area contributed by atoms with Gasteiger partial charge in [-0.1, -0.05) is 97.1 Å². The summed E-state index contributed by atoms with van der Waals surface area (Å²) >= 11 is 0. The van der Waals surface area contributed by atoms with E-state index >= 15 is 0 Å². The Morgan fingerprint density at radius 2 is 0.927 bits per heavy atom. The predicted octanol–water partition coefficient (Wildman–Crippen LogP) is 12.5. The Morgan fingerprint density at radius 3 is 1.55 bits per heavy atom. The minimum atomic E-state index is -0.240. The van der Waals surface area contributed by atoms with E-state index in [-0.39, 0.29) is 11.9 Å². The summed E-state index contributed by atoms with van der Waals surface area (Å²) in [5, 5.41) is 8.47. The number of aromatic nitrogens is 2. The molecule has 1 aliphatic rings. The number of fused-ring (bicyclic) bond motifs is 7. The maximum Gasteiger partial charge on any atom is 0.134 e. The molecular weight excluding hydrogens is 676 g/mol. The van der Waals surface area contributed by atoms with Gasteiger partial charge in [0.05, 0.1) is 33.8 Å². The molecule has 10 aromatic rings. The first-order chi connectivity index (χ1) is 27.2. The lowest BCUT2D eigenvalue weighted by atomic mass is 9.95. The fourth-order valence-electron chi connectivity index (χ4n) is 8.48. The second kappa shape index (κ2) is 12.4. The Labute approximate surface area is 317 Å². The first-order valence-corrected chi connectivity index (χ1v) is 18.6. The van der Waals surface area contributed by atoms with Crippen LogP contribution in [0.15, 0.2) is 193 Å². The van der Waals surface area contributed by atoms with E-state index in [0.29, 0.717) is 0 Å². The van der Waals surface area contributed by atoms with Crippen LogP contribution in [0.2, 0.25) is 0 Å². The molecule has 1 aliphatic heterocycles. The lowest BCUT2D eigenvalue weighted by molar-refractivity contribution is 0.627. The van der Waals surface area contributed by atoms with Crippen molar-refractivity contribution in [3.8, 4) is 22.5 Å². The monoisotopic (exact) mass is 708 g/mol. The molecule has 0 aliphatic carbocycles. The minimum absolute atomic E-state index is 0.0188. The zero-order chi connectivity index (χ0) is 36.5. The van der Waals surface area contributed by atoms with Crippen molar-refractivity contribution in [2.24, 2.45) is 4.99 Å². The Kier molecular flexibility index (Phi) is 7.07. The van der Waals surface area contributed by atoms with E-state index in [0.717, 1.165) is 67.0 Å². The van der Waals surface area contributed by atoms with Crippen LogP contribution < -0.4 is 5.32 Å². The Bertz CT molecular complexity index is 3120. The van der Waals surface area contributed by atoms with Gasteiger partial charge in [0, 0.05) is 44.0 Å². The molecule has 0 bridgehead atoms. The van der Waals surface area contributed by atoms with E-state index in [1.807, 2.05) is 12.1 Å². The van der Waals surface area contributed by atoms with Crippen molar-refractivity contribution in [1.82, 2.24) is 14.5 Å². The fourth-order valence-corrected chi connectivity index (χ4v) is 8.48. The Balaban J connectivity index is 0.990. The summed E-state index contributed by atoms with van der Waals surface area (Å²) in [6.07, 6.45) is 0. The highest BCUT2D eigenvalue weighted by Crippen LogP contribution is 2.39. The summed E-state index contributed by atoms with van der Waals surface area (Å²) in [5.41, 5.74) is 13.2. The molecular formula is C50H33FN4. The average molecular weight is 709 g/mol. The smallest absolute Gasteiger partial charge is 0.134 e. The lowest BCUT2D eigenvalue weighted by Crippen LogP contribution is -2.32. The minimum Gasteiger partial charge on any atom is -0.359 e. The maximum atomic E-state index is 13.9. The van der Waals surface area contributed by atoms with Crippen molar-refractivity contribution in [2.45, 2.75) is 6.04 Å². The van der Waals surface area contributed by atoms with Crippen LogP contribution in [-0.2, 0) is 0 Å². The molecule has 2 aromatic heterocycles. The second-order valence-electron chi connectivity index (χ2n) is 14.2. The summed E-state index contributed by atoms with van der Waals surface area (Å²) in [7, 11) is 0. The van der Waals surface area contributed by atoms with Crippen molar-refractivity contribution in [3.05, 3.63) is 211 Å². The molecule has 0 spiro atoms. The molecule has 0 saturated carbocycles. The normalized spacial score (nSPS) is 14.0. The van der Waals surface area contributed by atoms with Gasteiger partial charge >= 0.3 is 0 Å². The molecule has 5 heteroatoms. The number of nitrogens with one attached hydrogen (secondary N) is 1. The maximum absolute atomic E-state index is 13.9. The standard InChI is InChI=1S/C50H33FN4/c51-36-22-26-38(27-23-36)55-46-17-9-6-13-40(46)43-31-35(21-29-48(43)55)34-20-28-47-42(30-34)39-12-5-8-16-45(39)54(47)37-24-18-33(19-25-37)50-52-44-15-7-4-14-41(44)49(53-50)32-10-2-1-3-11-32/h1-31,49H,(H,52,53). The molecule has 0 fully saturated rings. The van der Waals surface area contributed by atoms with Crippen LogP contribution in [-0.4, -0.2) is 15.0 Å². The topological polar surface area (TPSA) is 34.2 Å². The van der Waals surface area contributed by atoms with E-state index in [1.165, 1.54) is 39.4 Å². The zero-order valence-electron chi connectivity index (χ0n) is 29.7. The Hall–Kier alpha value is -7.24. The largest absolute Gasteiger partial charge is 0.359 e. The van der Waals surface area contributed by atoms with Crippen molar-refractivity contribution < 1.29 is 4.39 Å². The SMILES string of the molecule is Fc1ccc(-n2c3ccccc3c3cc(-c4ccc5c(c4)c4ccccc4n5-c4ccc(C5=Nc6ccccc6C(c6ccccc6)N5)cc4)ccc32)cc1. The van der Waals surface area contributed by atoms with Crippen LogP contribution in [0.5, 0.6) is 0 Å². The van der Waals surface area contributed by atoms with Gasteiger partial charge in [0.15, 0.2) is 0 Å². The molecule has 3 heterocycles. The molecule has 1 N–H and O–H groups in total. The third-order valence-electron chi connectivity index (χ3n) is 11.1. The van der Waals surface area contributed by atoms with E-state index in [4.69, 9.17) is 4.99 Å². The number of hydrogen-bond donors (Lipinski definition) is 1. The summed E-state index contributed by atoms with van der Waals surface area (Å²) < 4.78 is 18.4. The Morgan fingerprint density at radius 1 is 0.436 bits per heavy atom. The highest BCUT2D eigenvalue weighted by molar-refractivity contribution is 6.13. The summed E-state index contributed by atoms with van der Waals surface area (Å²) in [4.78, 5) is 5.06. The first-order valence-electron chi connectivity index (χ1n) is 18.6. The molecule has 4 nitrogen and oxygen atoms in total. The number of amidine groups is 1. The van der Waals surface area contributed by atoms with Gasteiger partial charge < -0.3 is 14.5 Å². The molecule has 260 valence electrons. The number of nitrogens with zero attached hydrogens (tertiary/aromatic N) is 3. The van der Waals surface area contributed by atoms with Crippen molar-refractivity contribution in [2.75, 3.05) is 0 Å². The quantitative estimate of drug-likeness (QED) is 0.190. The number of para-hydroxylation sites is 3. The van der Waals surface area contributed by atoms with Crippen LogP contribution >= 0.6 is 0 Å². The van der Waals surface area contributed by atoms with Crippen molar-refractivity contribution >= 4 is 55.1 Å². The molecule has 0 amide bonds. The third kappa shape index (κ3) is 5.08. The fraction of sp³-hybridized carbons (Fsp3) is 0.0200. The number of hydrogen-bond acceptors (Lipinski definition) is 2. The van der Waals surface area contributed by atoms with Gasteiger partial charge in [0.1, 0.15) is 11.7 Å². The van der Waals surface area contributed by atoms with Gasteiger partial charge in [-0.3, -0.25) is 0 Å². The summed E-state index contributed by atoms with van der Waals surface area (Å²) in [6.45, 7) is 0. The molecule has 11 rings (SSSR count). The third-order valence-corrected chi connectivity index (χ3v) is 11.1. The zero-order valence-corrected chi connectivity index (χ0v) is 29.7. The van der Waals surface area contributed by atoms with Gasteiger partial charge in [-0.25, -0.2) is 9.38 Å². The predicted molar refractivity (Wildman–Crippen MR) is 225 cm³/mol. The number of rotatable bonds is 5. The highest BCUT2D eigenvalue weighted by atomic mass is 19.1. The van der Waals surface area contributed by atoms with Gasteiger partial charge in [0.25, 0.3) is 0 Å². The van der Waals surface area contributed by atoms with Gasteiger partial charge in [-0.05, 0) is 108 Å². The van der Waals surface area contributed by atoms with Gasteiger partial charge in [-0.15, -0.1) is 0 Å². The number of halogens is 1. The lowest BCUT2D eigenvalue weighted by Gasteiger charge is -2.27. The van der Waals surface area contributed by atoms with Crippen LogP contribution in [0.4, 0.5) is 10.1 Å². The van der Waals surface area contributed by atoms with Crippen molar-refractivity contribution in [3.63, 3.8) is 0 Å². The van der Waals surface area contributed by atoms with E-state index in [1.54, 1.807) is 0 Å². The van der Waals surface area contributed by atoms with E-state index in [9.17, 15) is 4.39 Å². The van der Waals surface area contributed by atoms with Crippen LogP contribution in [0.1, 0.15) is 22.7 Å². The summed E-state index contributed by atoms with van der Waals surface area (Å²) in [5.74, 6) is 0.625. The molecule has 0 radical (unpaired) electrons. The number of aliphatic imine (C=N–C) groups is 1. The first kappa shape index (κ1) is 31.3. The molecule has 55 heavy (non-hydrogen) atoms. The number of benzene rings is 8. The highest BCUT2D eigenvalue weighted by Gasteiger charge is 2.24. The van der Waals surface area contributed by atoms with Crippen LogP contribution in [0, 0.1) is 5.82 Å². The summed E-state index contributed by atoms with van der Waals surface area (Å²) in [6, 6.07) is 65.0. The molecule has 1 atom stereocenters. The second-order valence-corrected chi connectivity index (χ2v) is 14.2. The van der Waals surface area contributed by atoms with Crippen LogP contribution in [0.25, 0.3) is 66.1 Å². The van der Waals surface area contributed by atoms with Gasteiger partial charge in [-0.2, -0.15) is 0 Å². The van der Waals surface area contributed by atoms with E-state index < -0.39 is 0 Å². The van der Waals surface area contributed by atoms with Gasteiger partial charge in [0.2, 0.25) is 0 Å². The van der Waals surface area contributed by atoms with E-state index in [2.05, 4.69) is 178 Å². The molecule has 0 saturated heterocycles. The van der Waals surface area contributed by atoms with Crippen molar-refractivity contribution in [1.29, 1.82) is 0 Å².